The fraction of sp³-hybridized carbons (Fsp3) is 0.0625. The Balaban J connectivity index is 1.97. The fourth-order valence-corrected chi connectivity index (χ4v) is 2.07. The lowest BCUT2D eigenvalue weighted by atomic mass is 10.1. The molecule has 118 valence electrons. The van der Waals surface area contributed by atoms with Gasteiger partial charge >= 0.3 is 11.8 Å². The lowest BCUT2D eigenvalue weighted by Gasteiger charge is -2.07. The molecular weight excluding hydrogens is 337 g/mol. The number of hydrogen-bond donors (Lipinski definition) is 2. The summed E-state index contributed by atoms with van der Waals surface area (Å²) in [5.74, 6) is -1.80. The van der Waals surface area contributed by atoms with Crippen molar-refractivity contribution in [3.8, 4) is 0 Å². The van der Waals surface area contributed by atoms with E-state index in [9.17, 15) is 9.59 Å². The first-order valence-corrected chi connectivity index (χ1v) is 7.38. The van der Waals surface area contributed by atoms with Crippen LogP contribution < -0.4 is 10.7 Å². The SMILES string of the molecule is Cc1ccccc1/C=N/NC(=O)C(=O)Nc1cccc(Cl)c1Cl. The van der Waals surface area contributed by atoms with Gasteiger partial charge in [0.1, 0.15) is 0 Å². The van der Waals surface area contributed by atoms with Crippen molar-refractivity contribution >= 4 is 46.9 Å². The van der Waals surface area contributed by atoms with Crippen LogP contribution in [-0.2, 0) is 9.59 Å². The van der Waals surface area contributed by atoms with Crippen molar-refractivity contribution in [1.29, 1.82) is 0 Å². The topological polar surface area (TPSA) is 70.6 Å². The van der Waals surface area contributed by atoms with Crippen molar-refractivity contribution in [2.45, 2.75) is 6.92 Å². The van der Waals surface area contributed by atoms with E-state index in [1.165, 1.54) is 12.3 Å². The largest absolute Gasteiger partial charge is 0.329 e. The summed E-state index contributed by atoms with van der Waals surface area (Å²) in [4.78, 5) is 23.5. The molecule has 0 heterocycles. The molecule has 0 unspecified atom stereocenters. The molecule has 0 aliphatic heterocycles. The molecule has 0 spiro atoms. The molecule has 0 saturated carbocycles. The quantitative estimate of drug-likeness (QED) is 0.506. The molecule has 0 aromatic heterocycles. The molecule has 0 atom stereocenters. The van der Waals surface area contributed by atoms with Gasteiger partial charge in [-0.2, -0.15) is 5.10 Å². The summed E-state index contributed by atoms with van der Waals surface area (Å²) in [5, 5.41) is 6.58. The van der Waals surface area contributed by atoms with E-state index in [4.69, 9.17) is 23.2 Å². The minimum absolute atomic E-state index is 0.165. The van der Waals surface area contributed by atoms with Gasteiger partial charge in [-0.15, -0.1) is 0 Å². The summed E-state index contributed by atoms with van der Waals surface area (Å²) in [7, 11) is 0. The van der Waals surface area contributed by atoms with E-state index in [-0.39, 0.29) is 15.7 Å². The molecule has 5 nitrogen and oxygen atoms in total. The monoisotopic (exact) mass is 349 g/mol. The Hall–Kier alpha value is -2.37. The van der Waals surface area contributed by atoms with Gasteiger partial charge in [0.05, 0.1) is 21.9 Å². The number of benzene rings is 2. The molecule has 0 aliphatic carbocycles. The zero-order valence-corrected chi connectivity index (χ0v) is 13.7. The van der Waals surface area contributed by atoms with Crippen molar-refractivity contribution in [1.82, 2.24) is 5.43 Å². The molecule has 7 heteroatoms. The van der Waals surface area contributed by atoms with Crippen LogP contribution in [0.5, 0.6) is 0 Å². The molecule has 2 rings (SSSR count). The Morgan fingerprint density at radius 1 is 1.04 bits per heavy atom. The minimum Gasteiger partial charge on any atom is -0.316 e. The number of nitrogens with zero attached hydrogens (tertiary/aromatic N) is 1. The number of halogens is 2. The van der Waals surface area contributed by atoms with Crippen LogP contribution >= 0.6 is 23.2 Å². The predicted octanol–water partition coefficient (Wildman–Crippen LogP) is 3.39. The van der Waals surface area contributed by atoms with Gasteiger partial charge in [-0.3, -0.25) is 9.59 Å². The van der Waals surface area contributed by atoms with Gasteiger partial charge in [0.25, 0.3) is 0 Å². The van der Waals surface area contributed by atoms with Crippen molar-refractivity contribution in [2.24, 2.45) is 5.10 Å². The average molecular weight is 350 g/mol. The molecular formula is C16H13Cl2N3O2. The van der Waals surface area contributed by atoms with E-state index in [1.54, 1.807) is 12.1 Å². The second-order valence-corrected chi connectivity index (χ2v) is 5.40. The average Bonchev–Trinajstić information content (AvgIpc) is 2.53. The van der Waals surface area contributed by atoms with Gasteiger partial charge in [0, 0.05) is 0 Å². The maximum Gasteiger partial charge on any atom is 0.329 e. The highest BCUT2D eigenvalue weighted by molar-refractivity contribution is 6.45. The zero-order chi connectivity index (χ0) is 16.8. The second kappa shape index (κ2) is 7.76. The van der Waals surface area contributed by atoms with E-state index in [0.717, 1.165) is 11.1 Å². The number of nitrogens with one attached hydrogen (secondary N) is 2. The smallest absolute Gasteiger partial charge is 0.316 e. The predicted molar refractivity (Wildman–Crippen MR) is 92.0 cm³/mol. The molecule has 0 bridgehead atoms. The standard InChI is InChI=1S/C16H13Cl2N3O2/c1-10-5-2-3-6-11(10)9-19-21-16(23)15(22)20-13-8-4-7-12(17)14(13)18/h2-9H,1H3,(H,20,22)(H,21,23)/b19-9+. The third-order valence-corrected chi connectivity index (χ3v) is 3.78. The number of carbonyl (C=O) groups is 2. The number of hydrazone groups is 1. The van der Waals surface area contributed by atoms with Crippen molar-refractivity contribution in [2.75, 3.05) is 5.32 Å². The van der Waals surface area contributed by atoms with Crippen LogP contribution in [0.2, 0.25) is 10.0 Å². The van der Waals surface area contributed by atoms with Crippen molar-refractivity contribution < 1.29 is 9.59 Å². The summed E-state index contributed by atoms with van der Waals surface area (Å²) in [6.07, 6.45) is 1.47. The number of amides is 2. The lowest BCUT2D eigenvalue weighted by molar-refractivity contribution is -0.136. The Bertz CT molecular complexity index is 776. The van der Waals surface area contributed by atoms with E-state index in [1.807, 2.05) is 31.2 Å². The molecule has 2 N–H and O–H groups in total. The highest BCUT2D eigenvalue weighted by Gasteiger charge is 2.15. The first kappa shape index (κ1) is 17.0. The van der Waals surface area contributed by atoms with Gasteiger partial charge in [-0.25, -0.2) is 5.43 Å². The molecule has 0 radical (unpaired) electrons. The maximum absolute atomic E-state index is 11.8. The van der Waals surface area contributed by atoms with Gasteiger partial charge in [-0.1, -0.05) is 53.5 Å². The van der Waals surface area contributed by atoms with E-state index in [2.05, 4.69) is 15.8 Å². The van der Waals surface area contributed by atoms with Crippen LogP contribution in [0.15, 0.2) is 47.6 Å². The van der Waals surface area contributed by atoms with Gasteiger partial charge in [0.2, 0.25) is 0 Å². The number of aryl methyl sites for hydroxylation is 1. The Kier molecular flexibility index (Phi) is 5.73. The van der Waals surface area contributed by atoms with Crippen LogP contribution in [0.1, 0.15) is 11.1 Å². The molecule has 23 heavy (non-hydrogen) atoms. The summed E-state index contributed by atoms with van der Waals surface area (Å²) >= 11 is 11.8. The van der Waals surface area contributed by atoms with E-state index >= 15 is 0 Å². The van der Waals surface area contributed by atoms with Gasteiger partial charge in [-0.05, 0) is 30.2 Å². The second-order valence-electron chi connectivity index (χ2n) is 4.61. The summed E-state index contributed by atoms with van der Waals surface area (Å²) in [5.41, 5.74) is 4.25. The lowest BCUT2D eigenvalue weighted by Crippen LogP contribution is -2.32. The fourth-order valence-electron chi connectivity index (χ4n) is 1.72. The Labute approximate surface area is 143 Å². The number of rotatable bonds is 3. The number of carbonyl (C=O) groups excluding carboxylic acids is 2. The van der Waals surface area contributed by atoms with E-state index < -0.39 is 11.8 Å². The molecule has 0 aliphatic rings. The zero-order valence-electron chi connectivity index (χ0n) is 12.1. The van der Waals surface area contributed by atoms with E-state index in [0.29, 0.717) is 0 Å². The van der Waals surface area contributed by atoms with Crippen molar-refractivity contribution in [3.05, 3.63) is 63.6 Å². The van der Waals surface area contributed by atoms with Crippen LogP contribution in [0.3, 0.4) is 0 Å². The molecule has 0 saturated heterocycles. The van der Waals surface area contributed by atoms with Crippen LogP contribution in [0, 0.1) is 6.92 Å². The van der Waals surface area contributed by atoms with Crippen LogP contribution in [0.25, 0.3) is 0 Å². The van der Waals surface area contributed by atoms with Crippen LogP contribution in [-0.4, -0.2) is 18.0 Å². The Morgan fingerprint density at radius 3 is 2.52 bits per heavy atom. The first-order chi connectivity index (χ1) is 11.0. The highest BCUT2D eigenvalue weighted by atomic mass is 35.5. The highest BCUT2D eigenvalue weighted by Crippen LogP contribution is 2.29. The molecule has 2 amide bonds. The van der Waals surface area contributed by atoms with Gasteiger partial charge < -0.3 is 5.32 Å². The summed E-state index contributed by atoms with van der Waals surface area (Å²) in [6, 6.07) is 12.2. The minimum atomic E-state index is -0.911. The number of hydrogen-bond acceptors (Lipinski definition) is 3. The molecule has 0 fully saturated rings. The molecule has 2 aromatic carbocycles. The Morgan fingerprint density at radius 2 is 1.78 bits per heavy atom. The third kappa shape index (κ3) is 4.55. The van der Waals surface area contributed by atoms with Crippen molar-refractivity contribution in [3.63, 3.8) is 0 Å². The summed E-state index contributed by atoms with van der Waals surface area (Å²) in [6.45, 7) is 1.91. The number of anilines is 1. The normalized spacial score (nSPS) is 10.6. The third-order valence-electron chi connectivity index (χ3n) is 2.96. The van der Waals surface area contributed by atoms with Gasteiger partial charge in [0.15, 0.2) is 0 Å². The summed E-state index contributed by atoms with van der Waals surface area (Å²) < 4.78 is 0. The molecule has 2 aromatic rings. The maximum atomic E-state index is 11.8. The first-order valence-electron chi connectivity index (χ1n) is 6.63. The van der Waals surface area contributed by atoms with Crippen LogP contribution in [0.4, 0.5) is 5.69 Å².